The molecule has 0 unspecified atom stereocenters. The second-order valence-electron chi connectivity index (χ2n) is 8.58. The van der Waals surface area contributed by atoms with Gasteiger partial charge in [-0.3, -0.25) is 10.1 Å². The van der Waals surface area contributed by atoms with E-state index in [2.05, 4.69) is 10.0 Å². The van der Waals surface area contributed by atoms with Gasteiger partial charge in [-0.05, 0) is 30.5 Å². The third-order valence-electron chi connectivity index (χ3n) is 6.15. The van der Waals surface area contributed by atoms with Crippen LogP contribution < -0.4 is 10.0 Å². The van der Waals surface area contributed by atoms with Crippen LogP contribution in [0.5, 0.6) is 0 Å². The van der Waals surface area contributed by atoms with Gasteiger partial charge in [0.15, 0.2) is 6.29 Å². The largest absolute Gasteiger partial charge is 0.443 e. The Morgan fingerprint density at radius 3 is 2.58 bits per heavy atom. The predicted molar refractivity (Wildman–Crippen MR) is 125 cm³/mol. The van der Waals surface area contributed by atoms with Gasteiger partial charge in [0, 0.05) is 18.7 Å². The molecule has 2 aromatic rings. The summed E-state index contributed by atoms with van der Waals surface area (Å²) < 4.78 is 44.0. The van der Waals surface area contributed by atoms with Gasteiger partial charge in [-0.2, -0.15) is 0 Å². The van der Waals surface area contributed by atoms with Gasteiger partial charge < -0.3 is 24.6 Å². The van der Waals surface area contributed by atoms with E-state index in [9.17, 15) is 28.4 Å². The zero-order chi connectivity index (χ0) is 25.7. The molecule has 0 aliphatic carbocycles. The average Bonchev–Trinajstić information content (AvgIpc) is 3.48. The summed E-state index contributed by atoms with van der Waals surface area (Å²) in [6.45, 7) is 0.326. The number of benzene rings is 2. The van der Waals surface area contributed by atoms with Crippen LogP contribution in [0.4, 0.5) is 10.5 Å². The maximum Gasteiger partial charge on any atom is 0.407 e. The minimum atomic E-state index is -4.07. The Morgan fingerprint density at radius 2 is 1.89 bits per heavy atom. The Balaban J connectivity index is 1.40. The lowest BCUT2D eigenvalue weighted by Crippen LogP contribution is -2.50. The molecule has 2 aliphatic rings. The number of non-ortho nitro benzene ring substituents is 1. The monoisotopic (exact) mass is 521 g/mol. The number of carbonyl (C=O) groups is 1. The van der Waals surface area contributed by atoms with Crippen LogP contribution in [0.2, 0.25) is 0 Å². The molecule has 2 aromatic carbocycles. The third kappa shape index (κ3) is 6.36. The molecule has 13 heteroatoms. The summed E-state index contributed by atoms with van der Waals surface area (Å²) in [7, 11) is -4.07. The van der Waals surface area contributed by atoms with Gasteiger partial charge in [0.25, 0.3) is 5.69 Å². The number of fused-ring (bicyclic) bond motifs is 1. The Morgan fingerprint density at radius 1 is 1.17 bits per heavy atom. The molecule has 2 heterocycles. The predicted octanol–water partition coefficient (Wildman–Crippen LogP) is 1.33. The molecule has 0 aromatic heterocycles. The summed E-state index contributed by atoms with van der Waals surface area (Å²) in [5.41, 5.74) is 0.566. The molecule has 2 saturated heterocycles. The lowest BCUT2D eigenvalue weighted by atomic mass is 10.0. The van der Waals surface area contributed by atoms with Crippen molar-refractivity contribution in [1.29, 1.82) is 0 Å². The summed E-state index contributed by atoms with van der Waals surface area (Å²) in [6.07, 6.45) is -2.01. The molecule has 0 bridgehead atoms. The number of ether oxygens (including phenoxy) is 3. The van der Waals surface area contributed by atoms with Crippen LogP contribution in [0, 0.1) is 16.0 Å². The Bertz CT molecular complexity index is 1160. The van der Waals surface area contributed by atoms with Crippen LogP contribution in [-0.4, -0.2) is 68.8 Å². The highest BCUT2D eigenvalue weighted by molar-refractivity contribution is 7.89. The van der Waals surface area contributed by atoms with Crippen molar-refractivity contribution in [1.82, 2.24) is 10.0 Å². The van der Waals surface area contributed by atoms with Crippen molar-refractivity contribution in [2.24, 2.45) is 5.92 Å². The summed E-state index contributed by atoms with van der Waals surface area (Å²) in [6, 6.07) is 12.6. The molecule has 2 aliphatic heterocycles. The molecule has 0 saturated carbocycles. The van der Waals surface area contributed by atoms with E-state index < -0.39 is 45.8 Å². The van der Waals surface area contributed by atoms with E-state index >= 15 is 0 Å². The summed E-state index contributed by atoms with van der Waals surface area (Å²) >= 11 is 0. The number of nitro groups is 1. The molecule has 5 atom stereocenters. The van der Waals surface area contributed by atoms with Crippen molar-refractivity contribution in [2.75, 3.05) is 19.8 Å². The Hall–Kier alpha value is -3.10. The number of carbonyl (C=O) groups excluding carboxylic acids is 1. The van der Waals surface area contributed by atoms with Crippen molar-refractivity contribution in [3.05, 3.63) is 70.3 Å². The van der Waals surface area contributed by atoms with Crippen molar-refractivity contribution in [3.8, 4) is 0 Å². The zero-order valence-electron chi connectivity index (χ0n) is 19.2. The van der Waals surface area contributed by atoms with Crippen LogP contribution in [0.3, 0.4) is 0 Å². The molecule has 3 N–H and O–H groups in total. The number of rotatable bonds is 10. The number of sulfonamides is 1. The van der Waals surface area contributed by atoms with Crippen LogP contribution in [0.25, 0.3) is 0 Å². The topological polar surface area (TPSA) is 166 Å². The molecular formula is C23H27N3O9S. The first-order valence-corrected chi connectivity index (χ1v) is 12.9. The number of amides is 1. The number of alkyl carbamates (subject to hydrolysis) is 1. The number of nitrogens with zero attached hydrogens (tertiary/aromatic N) is 1. The Kier molecular flexibility index (Phi) is 8.16. The maximum absolute atomic E-state index is 12.7. The van der Waals surface area contributed by atoms with Gasteiger partial charge >= 0.3 is 6.09 Å². The molecule has 36 heavy (non-hydrogen) atoms. The van der Waals surface area contributed by atoms with Gasteiger partial charge in [-0.15, -0.1) is 0 Å². The van der Waals surface area contributed by atoms with E-state index in [1.807, 2.05) is 30.3 Å². The molecule has 1 amide bonds. The van der Waals surface area contributed by atoms with E-state index in [1.165, 1.54) is 0 Å². The second kappa shape index (κ2) is 11.3. The first-order valence-electron chi connectivity index (χ1n) is 11.4. The number of aliphatic hydroxyl groups is 1. The lowest BCUT2D eigenvalue weighted by Gasteiger charge is -2.25. The molecule has 4 rings (SSSR count). The van der Waals surface area contributed by atoms with Gasteiger partial charge in [0.1, 0.15) is 6.10 Å². The van der Waals surface area contributed by atoms with Crippen LogP contribution in [0.15, 0.2) is 59.5 Å². The minimum Gasteiger partial charge on any atom is -0.443 e. The zero-order valence-corrected chi connectivity index (χ0v) is 20.0. The average molecular weight is 522 g/mol. The normalized spacial score (nSPS) is 23.0. The van der Waals surface area contributed by atoms with Gasteiger partial charge in [0.2, 0.25) is 10.0 Å². The number of nitrogens with one attached hydrogen (secondary N) is 2. The van der Waals surface area contributed by atoms with Gasteiger partial charge in [-0.25, -0.2) is 17.9 Å². The number of hydrogen-bond acceptors (Lipinski definition) is 9. The smallest absolute Gasteiger partial charge is 0.407 e. The molecule has 2 fully saturated rings. The quantitative estimate of drug-likeness (QED) is 0.309. The van der Waals surface area contributed by atoms with Crippen molar-refractivity contribution in [3.63, 3.8) is 0 Å². The number of aliphatic hydroxyl groups excluding tert-OH is 1. The molecule has 12 nitrogen and oxygen atoms in total. The fourth-order valence-corrected chi connectivity index (χ4v) is 5.24. The second-order valence-corrected chi connectivity index (χ2v) is 10.3. The molecule has 0 radical (unpaired) electrons. The summed E-state index contributed by atoms with van der Waals surface area (Å²) in [4.78, 5) is 22.6. The summed E-state index contributed by atoms with van der Waals surface area (Å²) in [5, 5.41) is 24.3. The van der Waals surface area contributed by atoms with Gasteiger partial charge in [-0.1, -0.05) is 30.3 Å². The standard InChI is InChI=1S/C23H27N3O9S/c27-20(13-24-36(31,32)17-8-6-16(7-9-17)26(29)30)19(12-15-4-2-1-3-5-15)25-23(28)35-21-14-34-22-18(21)10-11-33-22/h1-9,18-22,24,27H,10-14H2,(H,25,28)/t18-,19-,20-,21-,22+/m0/s1. The SMILES string of the molecule is O=C(N[C@@H](Cc1ccccc1)[C@@H](O)CNS(=O)(=O)c1ccc([N+](=O)[O-])cc1)O[C@H]1CO[C@H]2OCC[C@H]21. The van der Waals surface area contributed by atoms with Crippen LogP contribution in [0.1, 0.15) is 12.0 Å². The van der Waals surface area contributed by atoms with E-state index in [0.29, 0.717) is 13.0 Å². The van der Waals surface area contributed by atoms with E-state index in [4.69, 9.17) is 14.2 Å². The lowest BCUT2D eigenvalue weighted by molar-refractivity contribution is -0.384. The highest BCUT2D eigenvalue weighted by atomic mass is 32.2. The first-order chi connectivity index (χ1) is 17.2. The van der Waals surface area contributed by atoms with E-state index in [-0.39, 0.29) is 35.8 Å². The molecular weight excluding hydrogens is 494 g/mol. The maximum atomic E-state index is 12.7. The summed E-state index contributed by atoms with van der Waals surface area (Å²) in [5.74, 6) is -0.0539. The fraction of sp³-hybridized carbons (Fsp3) is 0.435. The molecule has 194 valence electrons. The minimum absolute atomic E-state index is 0.0539. The van der Waals surface area contributed by atoms with Crippen molar-refractivity contribution >= 4 is 21.8 Å². The number of nitro benzene ring substituents is 1. The molecule has 0 spiro atoms. The fourth-order valence-electron chi connectivity index (χ4n) is 4.19. The van der Waals surface area contributed by atoms with Crippen LogP contribution >= 0.6 is 0 Å². The van der Waals surface area contributed by atoms with Crippen LogP contribution in [-0.2, 0) is 30.7 Å². The van der Waals surface area contributed by atoms with Crippen molar-refractivity contribution < 1.29 is 37.5 Å². The first kappa shape index (κ1) is 26.0. The highest BCUT2D eigenvalue weighted by Gasteiger charge is 2.44. The number of hydrogen-bond donors (Lipinski definition) is 3. The van der Waals surface area contributed by atoms with Gasteiger partial charge in [0.05, 0.1) is 41.1 Å². The van der Waals surface area contributed by atoms with E-state index in [0.717, 1.165) is 29.8 Å². The highest BCUT2D eigenvalue weighted by Crippen LogP contribution is 2.33. The van der Waals surface area contributed by atoms with E-state index in [1.54, 1.807) is 0 Å². The van der Waals surface area contributed by atoms with Crippen molar-refractivity contribution in [2.45, 2.75) is 42.3 Å². The third-order valence-corrected chi connectivity index (χ3v) is 7.59. The Labute approximate surface area is 207 Å².